The summed E-state index contributed by atoms with van der Waals surface area (Å²) in [6.45, 7) is 5.97. The zero-order valence-electron chi connectivity index (χ0n) is 10.1. The Bertz CT molecular complexity index is 341. The Balaban J connectivity index is 2.76. The summed E-state index contributed by atoms with van der Waals surface area (Å²) in [7, 11) is 0. The van der Waals surface area contributed by atoms with E-state index in [1.54, 1.807) is 6.07 Å². The van der Waals surface area contributed by atoms with E-state index in [4.69, 9.17) is 5.11 Å². The van der Waals surface area contributed by atoms with Crippen LogP contribution in [0.5, 0.6) is 0 Å². The average molecular weight is 224 g/mol. The summed E-state index contributed by atoms with van der Waals surface area (Å²) in [6.07, 6.45) is 2.62. The van der Waals surface area contributed by atoms with E-state index in [1.165, 1.54) is 0 Å². The highest BCUT2D eigenvalue weighted by atomic mass is 16.3. The Morgan fingerprint density at radius 2 is 2.25 bits per heavy atom. The fraction of sp³-hybridized carbons (Fsp3) is 0.583. The lowest BCUT2D eigenvalue weighted by atomic mass is 10.2. The molecule has 0 aliphatic heterocycles. The maximum atomic E-state index is 11.9. The zero-order valence-corrected chi connectivity index (χ0v) is 10.1. The van der Waals surface area contributed by atoms with E-state index in [2.05, 4.69) is 5.32 Å². The molecule has 4 nitrogen and oxygen atoms in total. The summed E-state index contributed by atoms with van der Waals surface area (Å²) in [5.41, 5.74) is 0.641. The number of hydrogen-bond acceptors (Lipinski definition) is 2. The minimum absolute atomic E-state index is 0.0232. The highest BCUT2D eigenvalue weighted by Crippen LogP contribution is 2.10. The SMILES string of the molecule is CC[C@H](CO)NC(=O)c1cccn1C(C)C. The first-order valence-electron chi connectivity index (χ1n) is 5.68. The molecule has 0 radical (unpaired) electrons. The van der Waals surface area contributed by atoms with E-state index < -0.39 is 0 Å². The maximum absolute atomic E-state index is 11.9. The molecule has 0 fully saturated rings. The van der Waals surface area contributed by atoms with Crippen molar-refractivity contribution in [1.82, 2.24) is 9.88 Å². The molecule has 0 aliphatic rings. The molecule has 2 N–H and O–H groups in total. The lowest BCUT2D eigenvalue weighted by molar-refractivity contribution is 0.0904. The van der Waals surface area contributed by atoms with Gasteiger partial charge in [0, 0.05) is 12.2 Å². The van der Waals surface area contributed by atoms with Crippen molar-refractivity contribution in [2.75, 3.05) is 6.61 Å². The summed E-state index contributed by atoms with van der Waals surface area (Å²) in [4.78, 5) is 11.9. The van der Waals surface area contributed by atoms with Crippen LogP contribution >= 0.6 is 0 Å². The van der Waals surface area contributed by atoms with Crippen molar-refractivity contribution in [3.63, 3.8) is 0 Å². The number of aromatic nitrogens is 1. The molecular weight excluding hydrogens is 204 g/mol. The van der Waals surface area contributed by atoms with Gasteiger partial charge in [0.15, 0.2) is 0 Å². The molecule has 1 atom stereocenters. The van der Waals surface area contributed by atoms with E-state index >= 15 is 0 Å². The van der Waals surface area contributed by atoms with Gasteiger partial charge in [0.1, 0.15) is 5.69 Å². The summed E-state index contributed by atoms with van der Waals surface area (Å²) >= 11 is 0. The average Bonchev–Trinajstić information content (AvgIpc) is 2.74. The van der Waals surface area contributed by atoms with Crippen molar-refractivity contribution < 1.29 is 9.90 Å². The van der Waals surface area contributed by atoms with Gasteiger partial charge in [-0.05, 0) is 32.4 Å². The number of nitrogens with zero attached hydrogens (tertiary/aromatic N) is 1. The molecule has 1 aromatic rings. The van der Waals surface area contributed by atoms with Crippen LogP contribution in [-0.4, -0.2) is 28.2 Å². The molecule has 0 bridgehead atoms. The second kappa shape index (κ2) is 5.70. The predicted octanol–water partition coefficient (Wildman–Crippen LogP) is 1.57. The zero-order chi connectivity index (χ0) is 12.1. The first-order valence-corrected chi connectivity index (χ1v) is 5.68. The molecular formula is C12H20N2O2. The lowest BCUT2D eigenvalue weighted by Crippen LogP contribution is -2.38. The number of aliphatic hydroxyl groups excluding tert-OH is 1. The number of amides is 1. The van der Waals surface area contributed by atoms with Crippen LogP contribution in [0.2, 0.25) is 0 Å². The van der Waals surface area contributed by atoms with Gasteiger partial charge in [0.2, 0.25) is 0 Å². The number of rotatable bonds is 5. The molecule has 0 aliphatic carbocycles. The minimum Gasteiger partial charge on any atom is -0.394 e. The van der Waals surface area contributed by atoms with Crippen molar-refractivity contribution in [3.05, 3.63) is 24.0 Å². The van der Waals surface area contributed by atoms with Gasteiger partial charge in [0.05, 0.1) is 12.6 Å². The van der Waals surface area contributed by atoms with Crippen LogP contribution < -0.4 is 5.32 Å². The van der Waals surface area contributed by atoms with Crippen molar-refractivity contribution >= 4 is 5.91 Å². The third-order valence-electron chi connectivity index (χ3n) is 2.62. The van der Waals surface area contributed by atoms with Gasteiger partial charge >= 0.3 is 0 Å². The number of carbonyl (C=O) groups excluding carboxylic acids is 1. The topological polar surface area (TPSA) is 54.3 Å². The number of aliphatic hydroxyl groups is 1. The largest absolute Gasteiger partial charge is 0.394 e. The molecule has 0 unspecified atom stereocenters. The van der Waals surface area contributed by atoms with E-state index in [1.807, 2.05) is 37.6 Å². The fourth-order valence-electron chi connectivity index (χ4n) is 1.57. The van der Waals surface area contributed by atoms with Crippen LogP contribution in [0.3, 0.4) is 0 Å². The van der Waals surface area contributed by atoms with Gasteiger partial charge in [-0.25, -0.2) is 0 Å². The normalized spacial score (nSPS) is 12.8. The fourth-order valence-corrected chi connectivity index (χ4v) is 1.57. The Morgan fingerprint density at radius 1 is 1.56 bits per heavy atom. The molecule has 0 saturated heterocycles. The van der Waals surface area contributed by atoms with Crippen LogP contribution in [0.1, 0.15) is 43.7 Å². The highest BCUT2D eigenvalue weighted by molar-refractivity contribution is 5.93. The van der Waals surface area contributed by atoms with Crippen LogP contribution in [0.25, 0.3) is 0 Å². The summed E-state index contributed by atoms with van der Waals surface area (Å²) in [5.74, 6) is -0.125. The summed E-state index contributed by atoms with van der Waals surface area (Å²) < 4.78 is 1.92. The van der Waals surface area contributed by atoms with E-state index in [0.717, 1.165) is 6.42 Å². The molecule has 1 aromatic heterocycles. The second-order valence-corrected chi connectivity index (χ2v) is 4.16. The summed E-state index contributed by atoms with van der Waals surface area (Å²) in [5, 5.41) is 11.8. The Morgan fingerprint density at radius 3 is 2.75 bits per heavy atom. The van der Waals surface area contributed by atoms with Crippen molar-refractivity contribution in [2.24, 2.45) is 0 Å². The minimum atomic E-state index is -0.164. The van der Waals surface area contributed by atoms with Gasteiger partial charge in [0.25, 0.3) is 5.91 Å². The number of hydrogen-bond donors (Lipinski definition) is 2. The molecule has 1 heterocycles. The van der Waals surface area contributed by atoms with Gasteiger partial charge < -0.3 is 15.0 Å². The first-order chi connectivity index (χ1) is 7.60. The number of nitrogens with one attached hydrogen (secondary N) is 1. The quantitative estimate of drug-likeness (QED) is 0.797. The first kappa shape index (κ1) is 12.8. The smallest absolute Gasteiger partial charge is 0.268 e. The Labute approximate surface area is 96.3 Å². The van der Waals surface area contributed by atoms with Crippen molar-refractivity contribution in [2.45, 2.75) is 39.3 Å². The van der Waals surface area contributed by atoms with Crippen molar-refractivity contribution in [3.8, 4) is 0 Å². The lowest BCUT2D eigenvalue weighted by Gasteiger charge is -2.16. The highest BCUT2D eigenvalue weighted by Gasteiger charge is 2.15. The maximum Gasteiger partial charge on any atom is 0.268 e. The molecule has 0 aromatic carbocycles. The second-order valence-electron chi connectivity index (χ2n) is 4.16. The van der Waals surface area contributed by atoms with Gasteiger partial charge in [-0.2, -0.15) is 0 Å². The molecule has 1 amide bonds. The Kier molecular flexibility index (Phi) is 4.55. The third-order valence-corrected chi connectivity index (χ3v) is 2.62. The molecule has 1 rings (SSSR count). The Hall–Kier alpha value is -1.29. The van der Waals surface area contributed by atoms with Crippen LogP contribution in [0.4, 0.5) is 0 Å². The van der Waals surface area contributed by atoms with E-state index in [-0.39, 0.29) is 24.6 Å². The molecule has 0 saturated carbocycles. The molecule has 16 heavy (non-hydrogen) atoms. The monoisotopic (exact) mass is 224 g/mol. The summed E-state index contributed by atoms with van der Waals surface area (Å²) in [6, 6.07) is 3.74. The molecule has 90 valence electrons. The molecule has 0 spiro atoms. The van der Waals surface area contributed by atoms with E-state index in [0.29, 0.717) is 5.69 Å². The van der Waals surface area contributed by atoms with Gasteiger partial charge in [-0.15, -0.1) is 0 Å². The predicted molar refractivity (Wildman–Crippen MR) is 63.4 cm³/mol. The van der Waals surface area contributed by atoms with Crippen LogP contribution in [0, 0.1) is 0 Å². The van der Waals surface area contributed by atoms with E-state index in [9.17, 15) is 4.79 Å². The van der Waals surface area contributed by atoms with Gasteiger partial charge in [-0.1, -0.05) is 6.92 Å². The van der Waals surface area contributed by atoms with Gasteiger partial charge in [-0.3, -0.25) is 4.79 Å². The molecule has 4 heteroatoms. The third kappa shape index (κ3) is 2.85. The number of carbonyl (C=O) groups is 1. The van der Waals surface area contributed by atoms with Crippen LogP contribution in [-0.2, 0) is 0 Å². The standard InChI is InChI=1S/C12H20N2O2/c1-4-10(8-15)13-12(16)11-6-5-7-14(11)9(2)3/h5-7,9-10,15H,4,8H2,1-3H3,(H,13,16)/t10-/m1/s1. The van der Waals surface area contributed by atoms with Crippen molar-refractivity contribution in [1.29, 1.82) is 0 Å². The van der Waals surface area contributed by atoms with Crippen LogP contribution in [0.15, 0.2) is 18.3 Å².